The Morgan fingerprint density at radius 1 is 1.60 bits per heavy atom. The average Bonchev–Trinajstić information content (AvgIpc) is 2.65. The number of carbonyl (C=O) groups excluding carboxylic acids is 1. The molecule has 1 N–H and O–H groups in total. The number of hydrogen-bond acceptors (Lipinski definition) is 4. The molecule has 0 aliphatic carbocycles. The molecule has 0 radical (unpaired) electrons. The molecule has 0 aromatic carbocycles. The van der Waals surface area contributed by atoms with E-state index in [-0.39, 0.29) is 5.92 Å². The van der Waals surface area contributed by atoms with Gasteiger partial charge in [0, 0.05) is 17.0 Å². The van der Waals surface area contributed by atoms with Crippen LogP contribution in [0.25, 0.3) is 0 Å². The van der Waals surface area contributed by atoms with E-state index >= 15 is 0 Å². The largest absolute Gasteiger partial charge is 0.317 e. The summed E-state index contributed by atoms with van der Waals surface area (Å²) in [5, 5.41) is 6.25. The molecule has 1 fully saturated rings. The molecule has 1 aromatic heterocycles. The van der Waals surface area contributed by atoms with E-state index in [0.29, 0.717) is 12.2 Å². The van der Waals surface area contributed by atoms with E-state index in [1.54, 1.807) is 11.3 Å². The Labute approximate surface area is 93.9 Å². The van der Waals surface area contributed by atoms with Crippen molar-refractivity contribution in [1.29, 1.82) is 0 Å². The van der Waals surface area contributed by atoms with Crippen LogP contribution < -0.4 is 5.32 Å². The van der Waals surface area contributed by atoms with Gasteiger partial charge in [0.2, 0.25) is 0 Å². The minimum atomic E-state index is 0.260. The lowest BCUT2D eigenvalue weighted by atomic mass is 9.92. The van der Waals surface area contributed by atoms with Crippen LogP contribution in [0.3, 0.4) is 0 Å². The fourth-order valence-corrected chi connectivity index (χ4v) is 2.70. The molecule has 1 saturated heterocycles. The third kappa shape index (κ3) is 2.86. The van der Waals surface area contributed by atoms with Gasteiger partial charge in [-0.05, 0) is 32.9 Å². The van der Waals surface area contributed by atoms with Crippen LogP contribution in [-0.2, 0) is 11.2 Å². The molecular formula is C11H16N2OS. The summed E-state index contributed by atoms with van der Waals surface area (Å²) in [6.45, 7) is 3.93. The van der Waals surface area contributed by atoms with Gasteiger partial charge in [-0.3, -0.25) is 4.79 Å². The minimum Gasteiger partial charge on any atom is -0.317 e. The Balaban J connectivity index is 1.91. The highest BCUT2D eigenvalue weighted by atomic mass is 32.1. The summed E-state index contributed by atoms with van der Waals surface area (Å²) in [4.78, 5) is 16.2. The number of rotatable bonds is 3. The van der Waals surface area contributed by atoms with Crippen molar-refractivity contribution in [2.75, 3.05) is 13.1 Å². The van der Waals surface area contributed by atoms with Gasteiger partial charge in [-0.1, -0.05) is 0 Å². The van der Waals surface area contributed by atoms with Gasteiger partial charge in [0.15, 0.2) is 0 Å². The van der Waals surface area contributed by atoms with Crippen molar-refractivity contribution < 1.29 is 4.79 Å². The molecule has 0 spiro atoms. The number of aromatic nitrogens is 1. The van der Waals surface area contributed by atoms with Crippen molar-refractivity contribution >= 4 is 17.1 Å². The predicted octanol–water partition coefficient (Wildman–Crippen LogP) is 1.56. The van der Waals surface area contributed by atoms with Crippen LogP contribution >= 0.6 is 11.3 Å². The van der Waals surface area contributed by atoms with Crippen LogP contribution in [0.5, 0.6) is 0 Å². The molecule has 0 amide bonds. The summed E-state index contributed by atoms with van der Waals surface area (Å²) in [7, 11) is 0. The fraction of sp³-hybridized carbons (Fsp3) is 0.636. The Hall–Kier alpha value is -0.740. The number of aryl methyl sites for hydroxylation is 1. The maximum Gasteiger partial charge on any atom is 0.142 e. The molecule has 0 unspecified atom stereocenters. The van der Waals surface area contributed by atoms with Crippen LogP contribution in [0, 0.1) is 12.8 Å². The summed E-state index contributed by atoms with van der Waals surface area (Å²) in [5.74, 6) is 0.626. The lowest BCUT2D eigenvalue weighted by Gasteiger charge is -2.20. The first-order valence-corrected chi connectivity index (χ1v) is 6.28. The number of carbonyl (C=O) groups is 1. The number of thiazole rings is 1. The summed E-state index contributed by atoms with van der Waals surface area (Å²) in [6, 6.07) is 0. The molecule has 4 heteroatoms. The number of piperidine rings is 1. The minimum absolute atomic E-state index is 0.260. The van der Waals surface area contributed by atoms with Crippen molar-refractivity contribution in [2.24, 2.45) is 5.92 Å². The fourth-order valence-electron chi connectivity index (χ4n) is 1.92. The number of nitrogens with one attached hydrogen (secondary N) is 1. The Morgan fingerprint density at radius 3 is 2.93 bits per heavy atom. The van der Waals surface area contributed by atoms with E-state index in [0.717, 1.165) is 36.6 Å². The van der Waals surface area contributed by atoms with Crippen LogP contribution in [0.1, 0.15) is 23.5 Å². The van der Waals surface area contributed by atoms with Crippen molar-refractivity contribution in [2.45, 2.75) is 26.2 Å². The highest BCUT2D eigenvalue weighted by Gasteiger charge is 2.21. The second kappa shape index (κ2) is 4.86. The second-order valence-electron chi connectivity index (χ2n) is 4.05. The molecule has 82 valence electrons. The zero-order chi connectivity index (χ0) is 10.7. The highest BCUT2D eigenvalue weighted by Crippen LogP contribution is 2.17. The van der Waals surface area contributed by atoms with Gasteiger partial charge in [-0.15, -0.1) is 11.3 Å². The number of ketones is 1. The topological polar surface area (TPSA) is 42.0 Å². The molecule has 3 nitrogen and oxygen atoms in total. The number of hydrogen-bond donors (Lipinski definition) is 1. The van der Waals surface area contributed by atoms with Crippen molar-refractivity contribution in [3.63, 3.8) is 0 Å². The van der Waals surface area contributed by atoms with Gasteiger partial charge >= 0.3 is 0 Å². The lowest BCUT2D eigenvalue weighted by molar-refractivity contribution is -0.122. The van der Waals surface area contributed by atoms with E-state index in [9.17, 15) is 4.79 Å². The molecule has 0 bridgehead atoms. The van der Waals surface area contributed by atoms with Crippen molar-refractivity contribution in [3.8, 4) is 0 Å². The Morgan fingerprint density at radius 2 is 2.33 bits per heavy atom. The SMILES string of the molecule is Cc1csc(CC(=O)C2CCNCC2)n1. The van der Waals surface area contributed by atoms with Crippen molar-refractivity contribution in [1.82, 2.24) is 10.3 Å². The average molecular weight is 224 g/mol. The summed E-state index contributed by atoms with van der Waals surface area (Å²) < 4.78 is 0. The molecule has 0 saturated carbocycles. The predicted molar refractivity (Wildman–Crippen MR) is 61.2 cm³/mol. The molecule has 0 atom stereocenters. The first-order chi connectivity index (χ1) is 7.25. The zero-order valence-electron chi connectivity index (χ0n) is 8.95. The summed E-state index contributed by atoms with van der Waals surface area (Å²) in [5.41, 5.74) is 1.02. The lowest BCUT2D eigenvalue weighted by Crippen LogP contribution is -2.32. The van der Waals surface area contributed by atoms with Crippen LogP contribution in [0.2, 0.25) is 0 Å². The number of nitrogens with zero attached hydrogens (tertiary/aromatic N) is 1. The smallest absolute Gasteiger partial charge is 0.142 e. The van der Waals surface area contributed by atoms with Crippen molar-refractivity contribution in [3.05, 3.63) is 16.1 Å². The molecule has 2 heterocycles. The third-order valence-corrected chi connectivity index (χ3v) is 3.75. The second-order valence-corrected chi connectivity index (χ2v) is 4.99. The maximum absolute atomic E-state index is 11.9. The van der Waals surface area contributed by atoms with Gasteiger partial charge < -0.3 is 5.32 Å². The van der Waals surface area contributed by atoms with Gasteiger partial charge in [0.1, 0.15) is 10.8 Å². The Kier molecular flexibility index (Phi) is 3.49. The monoisotopic (exact) mass is 224 g/mol. The van der Waals surface area contributed by atoms with E-state index in [2.05, 4.69) is 10.3 Å². The normalized spacial score (nSPS) is 17.9. The maximum atomic E-state index is 11.9. The third-order valence-electron chi connectivity index (χ3n) is 2.79. The molecule has 1 aliphatic heterocycles. The van der Waals surface area contributed by atoms with Crippen LogP contribution in [-0.4, -0.2) is 23.9 Å². The van der Waals surface area contributed by atoms with Crippen LogP contribution in [0.15, 0.2) is 5.38 Å². The van der Waals surface area contributed by atoms with Crippen LogP contribution in [0.4, 0.5) is 0 Å². The molecular weight excluding hydrogens is 208 g/mol. The van der Waals surface area contributed by atoms with E-state index in [4.69, 9.17) is 0 Å². The highest BCUT2D eigenvalue weighted by molar-refractivity contribution is 7.09. The standard InChI is InChI=1S/C11H16N2OS/c1-8-7-15-11(13-8)6-10(14)9-2-4-12-5-3-9/h7,9,12H,2-6H2,1H3. The first kappa shape index (κ1) is 10.8. The van der Waals surface area contributed by atoms with E-state index in [1.807, 2.05) is 12.3 Å². The molecule has 1 aromatic rings. The molecule has 2 rings (SSSR count). The van der Waals surface area contributed by atoms with E-state index < -0.39 is 0 Å². The van der Waals surface area contributed by atoms with Gasteiger partial charge in [0.05, 0.1) is 6.42 Å². The molecule has 1 aliphatic rings. The quantitative estimate of drug-likeness (QED) is 0.847. The van der Waals surface area contributed by atoms with Gasteiger partial charge in [-0.25, -0.2) is 4.98 Å². The zero-order valence-corrected chi connectivity index (χ0v) is 9.77. The van der Waals surface area contributed by atoms with E-state index in [1.165, 1.54) is 0 Å². The van der Waals surface area contributed by atoms with Gasteiger partial charge in [-0.2, -0.15) is 0 Å². The van der Waals surface area contributed by atoms with Gasteiger partial charge in [0.25, 0.3) is 0 Å². The first-order valence-electron chi connectivity index (χ1n) is 5.40. The molecule has 15 heavy (non-hydrogen) atoms. The summed E-state index contributed by atoms with van der Waals surface area (Å²) >= 11 is 1.59. The number of Topliss-reactive ketones (excluding diaryl/α,β-unsaturated/α-hetero) is 1. The summed E-state index contributed by atoms with van der Waals surface area (Å²) in [6.07, 6.45) is 2.51. The Bertz CT molecular complexity index is 342.